The van der Waals surface area contributed by atoms with Crippen molar-refractivity contribution in [3.8, 4) is 0 Å². The highest BCUT2D eigenvalue weighted by Gasteiger charge is 2.37. The second-order valence-electron chi connectivity index (χ2n) is 6.22. The minimum absolute atomic E-state index is 0.134. The Morgan fingerprint density at radius 1 is 1.26 bits per heavy atom. The van der Waals surface area contributed by atoms with Crippen molar-refractivity contribution in [1.29, 1.82) is 0 Å². The van der Waals surface area contributed by atoms with E-state index in [1.165, 1.54) is 6.42 Å². The van der Waals surface area contributed by atoms with Crippen molar-refractivity contribution < 1.29 is 9.53 Å². The second kappa shape index (κ2) is 5.67. The zero-order chi connectivity index (χ0) is 13.2. The number of urea groups is 1. The van der Waals surface area contributed by atoms with Gasteiger partial charge in [0.05, 0.1) is 12.6 Å². The number of carbonyl (C=O) groups is 1. The van der Waals surface area contributed by atoms with Crippen LogP contribution in [0.1, 0.15) is 25.7 Å². The van der Waals surface area contributed by atoms with Crippen LogP contribution in [0.25, 0.3) is 0 Å². The van der Waals surface area contributed by atoms with E-state index in [4.69, 9.17) is 4.74 Å². The lowest BCUT2D eigenvalue weighted by Crippen LogP contribution is -2.58. The molecule has 0 bridgehead atoms. The van der Waals surface area contributed by atoms with Crippen LogP contribution in [0.4, 0.5) is 4.79 Å². The monoisotopic (exact) mass is 267 g/mol. The zero-order valence-electron chi connectivity index (χ0n) is 11.8. The van der Waals surface area contributed by atoms with E-state index in [2.05, 4.69) is 22.2 Å². The van der Waals surface area contributed by atoms with Gasteiger partial charge < -0.3 is 19.9 Å². The Morgan fingerprint density at radius 2 is 2.16 bits per heavy atom. The lowest BCUT2D eigenvalue weighted by Gasteiger charge is -2.46. The lowest BCUT2D eigenvalue weighted by molar-refractivity contribution is 0.0521. The van der Waals surface area contributed by atoms with E-state index in [9.17, 15) is 4.79 Å². The number of hydrogen-bond donors (Lipinski definition) is 1. The predicted octanol–water partition coefficient (Wildman–Crippen LogP) is 0.901. The van der Waals surface area contributed by atoms with Crippen molar-refractivity contribution in [3.63, 3.8) is 0 Å². The Morgan fingerprint density at radius 3 is 2.95 bits per heavy atom. The van der Waals surface area contributed by atoms with Gasteiger partial charge in [-0.2, -0.15) is 0 Å². The molecule has 3 fully saturated rings. The molecule has 5 heteroatoms. The van der Waals surface area contributed by atoms with Crippen molar-refractivity contribution in [1.82, 2.24) is 15.1 Å². The number of piperidine rings is 2. The van der Waals surface area contributed by atoms with Crippen LogP contribution >= 0.6 is 0 Å². The van der Waals surface area contributed by atoms with Gasteiger partial charge in [-0.1, -0.05) is 0 Å². The molecule has 0 radical (unpaired) electrons. The minimum Gasteiger partial charge on any atom is -0.379 e. The van der Waals surface area contributed by atoms with Gasteiger partial charge in [-0.3, -0.25) is 0 Å². The van der Waals surface area contributed by atoms with Crippen molar-refractivity contribution in [2.45, 2.75) is 37.8 Å². The molecule has 3 heterocycles. The summed E-state index contributed by atoms with van der Waals surface area (Å²) in [5, 5.41) is 3.14. The number of amides is 2. The summed E-state index contributed by atoms with van der Waals surface area (Å²) in [6.07, 6.45) is 4.49. The molecule has 5 nitrogen and oxygen atoms in total. The first kappa shape index (κ1) is 13.2. The van der Waals surface area contributed by atoms with Crippen molar-refractivity contribution in [2.75, 3.05) is 39.9 Å². The summed E-state index contributed by atoms with van der Waals surface area (Å²) < 4.78 is 5.33. The van der Waals surface area contributed by atoms with Gasteiger partial charge in [-0.05, 0) is 45.2 Å². The third-order valence-corrected chi connectivity index (χ3v) is 4.79. The fraction of sp³-hybridized carbons (Fsp3) is 0.929. The average molecular weight is 267 g/mol. The van der Waals surface area contributed by atoms with Gasteiger partial charge >= 0.3 is 6.03 Å². The molecule has 3 aliphatic rings. The fourth-order valence-corrected chi connectivity index (χ4v) is 3.74. The van der Waals surface area contributed by atoms with E-state index in [-0.39, 0.29) is 12.1 Å². The molecule has 0 saturated carbocycles. The lowest BCUT2D eigenvalue weighted by atomic mass is 9.84. The van der Waals surface area contributed by atoms with Gasteiger partial charge in [-0.25, -0.2) is 4.79 Å². The van der Waals surface area contributed by atoms with Crippen LogP contribution in [-0.4, -0.2) is 67.8 Å². The van der Waals surface area contributed by atoms with Crippen molar-refractivity contribution >= 4 is 6.03 Å². The van der Waals surface area contributed by atoms with Crippen LogP contribution in [0.2, 0.25) is 0 Å². The number of hydrogen-bond acceptors (Lipinski definition) is 3. The zero-order valence-corrected chi connectivity index (χ0v) is 11.8. The summed E-state index contributed by atoms with van der Waals surface area (Å²) >= 11 is 0. The highest BCUT2D eigenvalue weighted by atomic mass is 16.5. The summed E-state index contributed by atoms with van der Waals surface area (Å²) in [7, 11) is 2.19. The maximum Gasteiger partial charge on any atom is 0.317 e. The van der Waals surface area contributed by atoms with Crippen LogP contribution < -0.4 is 5.32 Å². The van der Waals surface area contributed by atoms with Crippen LogP contribution in [0.5, 0.6) is 0 Å². The first-order valence-corrected chi connectivity index (χ1v) is 7.57. The fourth-order valence-electron chi connectivity index (χ4n) is 3.74. The Hall–Kier alpha value is -0.810. The van der Waals surface area contributed by atoms with Crippen LogP contribution in [-0.2, 0) is 4.74 Å². The Kier molecular flexibility index (Phi) is 3.93. The molecule has 0 aromatic rings. The number of nitrogens with zero attached hydrogens (tertiary/aromatic N) is 2. The molecule has 19 heavy (non-hydrogen) atoms. The molecule has 3 atom stereocenters. The van der Waals surface area contributed by atoms with E-state index < -0.39 is 0 Å². The van der Waals surface area contributed by atoms with E-state index in [0.29, 0.717) is 18.6 Å². The third-order valence-electron chi connectivity index (χ3n) is 4.79. The van der Waals surface area contributed by atoms with E-state index in [0.717, 1.165) is 45.5 Å². The molecule has 1 N–H and O–H groups in total. The Balaban J connectivity index is 1.60. The van der Waals surface area contributed by atoms with E-state index >= 15 is 0 Å². The summed E-state index contributed by atoms with van der Waals surface area (Å²) in [5.41, 5.74) is 0. The van der Waals surface area contributed by atoms with Gasteiger partial charge in [0.25, 0.3) is 0 Å². The molecule has 0 aromatic carbocycles. The second-order valence-corrected chi connectivity index (χ2v) is 6.22. The first-order valence-electron chi connectivity index (χ1n) is 7.57. The van der Waals surface area contributed by atoms with Gasteiger partial charge in [0.2, 0.25) is 0 Å². The minimum atomic E-state index is 0.134. The molecular weight excluding hydrogens is 242 g/mol. The largest absolute Gasteiger partial charge is 0.379 e. The number of rotatable bonds is 1. The molecule has 3 aliphatic heterocycles. The number of likely N-dealkylation sites (tertiary alicyclic amines) is 2. The van der Waals surface area contributed by atoms with Gasteiger partial charge in [0, 0.05) is 25.7 Å². The average Bonchev–Trinajstić information content (AvgIpc) is 2.90. The van der Waals surface area contributed by atoms with Crippen LogP contribution in [0, 0.1) is 5.92 Å². The van der Waals surface area contributed by atoms with Crippen LogP contribution in [0.15, 0.2) is 0 Å². The topological polar surface area (TPSA) is 44.8 Å². The van der Waals surface area contributed by atoms with Crippen molar-refractivity contribution in [3.05, 3.63) is 0 Å². The molecule has 108 valence electrons. The number of ether oxygens (including phenoxy) is 1. The highest BCUT2D eigenvalue weighted by Crippen LogP contribution is 2.30. The smallest absolute Gasteiger partial charge is 0.317 e. The standard InChI is InChI=1S/C14H25N3O2/c1-16-7-4-13-11(9-16)3-2-6-17(13)14(18)15-12-5-8-19-10-12/h11-13H,2-10H2,1H3,(H,15,18)/t11-,12-,13-/m1/s1. The molecule has 0 aromatic heterocycles. The molecule has 2 amide bonds. The third kappa shape index (κ3) is 2.87. The molecular formula is C14H25N3O2. The Labute approximate surface area is 115 Å². The van der Waals surface area contributed by atoms with Gasteiger partial charge in [-0.15, -0.1) is 0 Å². The quantitative estimate of drug-likeness (QED) is 0.768. The number of fused-ring (bicyclic) bond motifs is 1. The summed E-state index contributed by atoms with van der Waals surface area (Å²) in [6, 6.07) is 0.807. The first-order chi connectivity index (χ1) is 9.24. The predicted molar refractivity (Wildman–Crippen MR) is 73.1 cm³/mol. The van der Waals surface area contributed by atoms with Gasteiger partial charge in [0.15, 0.2) is 0 Å². The van der Waals surface area contributed by atoms with E-state index in [1.54, 1.807) is 0 Å². The van der Waals surface area contributed by atoms with Crippen LogP contribution in [0.3, 0.4) is 0 Å². The molecule has 0 aliphatic carbocycles. The summed E-state index contributed by atoms with van der Waals surface area (Å²) in [6.45, 7) is 4.63. The SMILES string of the molecule is CN1CC[C@@H]2[C@H](CCCN2C(=O)N[C@@H]2CCOC2)C1. The van der Waals surface area contributed by atoms with E-state index in [1.807, 2.05) is 0 Å². The maximum atomic E-state index is 12.4. The molecule has 0 unspecified atom stereocenters. The molecule has 0 spiro atoms. The Bertz CT molecular complexity index is 331. The molecule has 3 saturated heterocycles. The normalized spacial score (nSPS) is 36.1. The number of nitrogens with one attached hydrogen (secondary N) is 1. The van der Waals surface area contributed by atoms with Crippen molar-refractivity contribution in [2.24, 2.45) is 5.92 Å². The van der Waals surface area contributed by atoms with Gasteiger partial charge in [0.1, 0.15) is 0 Å². The summed E-state index contributed by atoms with van der Waals surface area (Å²) in [4.78, 5) is 16.9. The highest BCUT2D eigenvalue weighted by molar-refractivity contribution is 5.75. The maximum absolute atomic E-state index is 12.4. The number of carbonyl (C=O) groups excluding carboxylic acids is 1. The summed E-state index contributed by atoms with van der Waals surface area (Å²) in [5.74, 6) is 0.665. The molecule has 3 rings (SSSR count).